The van der Waals surface area contributed by atoms with Crippen molar-refractivity contribution in [3.05, 3.63) is 6.42 Å². The van der Waals surface area contributed by atoms with Gasteiger partial charge in [-0.15, -0.1) is 0 Å². The molecule has 0 aromatic carbocycles. The molecule has 0 rings (SSSR count). The second-order valence-corrected chi connectivity index (χ2v) is 2.90. The Kier molecular flexibility index (Phi) is 2.07. The van der Waals surface area contributed by atoms with Gasteiger partial charge in [0.2, 0.25) is 0 Å². The van der Waals surface area contributed by atoms with Crippen molar-refractivity contribution in [1.29, 1.82) is 0 Å². The first kappa shape index (κ1) is 6.43. The number of hydrogen-bond donors (Lipinski definition) is 0. The molecule has 0 nitrogen and oxygen atoms in total. The van der Waals surface area contributed by atoms with Crippen LogP contribution >= 0.6 is 34.8 Å². The Bertz CT molecular complexity index is 73.0. The normalized spacial score (nSPS) is 10.3. The molecule has 0 aliphatic rings. The van der Waals surface area contributed by atoms with E-state index in [0.29, 0.717) is 0 Å². The van der Waals surface area contributed by atoms with Crippen molar-refractivity contribution < 1.29 is 0 Å². The van der Waals surface area contributed by atoms with Gasteiger partial charge in [0.25, 0.3) is 3.79 Å². The van der Waals surface area contributed by atoms with Crippen LogP contribution in [-0.4, -0.2) is 3.79 Å². The van der Waals surface area contributed by atoms with Crippen LogP contribution in [0, 0.1) is 12.3 Å². The summed E-state index contributed by atoms with van der Waals surface area (Å²) in [6.07, 6.45) is 6.21. The van der Waals surface area contributed by atoms with E-state index in [4.69, 9.17) is 41.2 Å². The molecule has 0 unspecified atom stereocenters. The monoisotopic (exact) mass is 141 g/mol. The van der Waals surface area contributed by atoms with Crippen LogP contribution in [0.3, 0.4) is 0 Å². The summed E-state index contributed by atoms with van der Waals surface area (Å²) in [4.78, 5) is 0. The van der Waals surface area contributed by atoms with E-state index in [1.165, 1.54) is 0 Å². The van der Waals surface area contributed by atoms with Gasteiger partial charge >= 0.3 is 0 Å². The molecule has 0 aromatic rings. The summed E-state index contributed by atoms with van der Waals surface area (Å²) < 4.78 is -1.62. The predicted molar refractivity (Wildman–Crippen MR) is 27.4 cm³/mol. The van der Waals surface area contributed by atoms with Crippen molar-refractivity contribution in [2.75, 3.05) is 0 Å². The highest BCUT2D eigenvalue weighted by Crippen LogP contribution is 2.23. The molecule has 0 N–H and O–H groups in total. The van der Waals surface area contributed by atoms with E-state index in [2.05, 4.69) is 0 Å². The molecule has 1 radical (unpaired) electrons. The number of halogens is 3. The summed E-state index contributed by atoms with van der Waals surface area (Å²) in [5, 5.41) is 0. The molecule has 0 saturated heterocycles. The lowest BCUT2D eigenvalue weighted by Crippen LogP contribution is -1.92. The fourth-order valence-electron chi connectivity index (χ4n) is 0. The Morgan fingerprint density at radius 1 is 1.33 bits per heavy atom. The fraction of sp³-hybridized carbons (Fsp3) is 0.333. The molecule has 0 saturated carbocycles. The summed E-state index contributed by atoms with van der Waals surface area (Å²) in [6, 6.07) is 0. The SMILES string of the molecule is [C]#CC(Cl)(Cl)Cl. The van der Waals surface area contributed by atoms with E-state index in [0.717, 1.165) is 0 Å². The molecule has 0 aliphatic heterocycles. The third-order valence-corrected chi connectivity index (χ3v) is 0.425. The van der Waals surface area contributed by atoms with Gasteiger partial charge in [0.1, 0.15) is 0 Å². The van der Waals surface area contributed by atoms with Crippen molar-refractivity contribution >= 4 is 34.8 Å². The molecular formula is C3Cl3. The fourth-order valence-corrected chi connectivity index (χ4v) is 0. The van der Waals surface area contributed by atoms with Gasteiger partial charge < -0.3 is 0 Å². The van der Waals surface area contributed by atoms with Crippen LogP contribution in [-0.2, 0) is 0 Å². The summed E-state index contributed by atoms with van der Waals surface area (Å²) in [7, 11) is 0. The lowest BCUT2D eigenvalue weighted by atomic mass is 10.8. The van der Waals surface area contributed by atoms with Gasteiger partial charge in [-0.1, -0.05) is 34.8 Å². The smallest absolute Gasteiger partial charge is 0.0697 e. The lowest BCUT2D eigenvalue weighted by molar-refractivity contribution is 1.56. The van der Waals surface area contributed by atoms with E-state index in [1.54, 1.807) is 5.92 Å². The molecule has 0 aromatic heterocycles. The number of hydrogen-bond acceptors (Lipinski definition) is 0. The van der Waals surface area contributed by atoms with Gasteiger partial charge in [-0.3, -0.25) is 0 Å². The molecule has 0 bridgehead atoms. The summed E-state index contributed by atoms with van der Waals surface area (Å²) >= 11 is 14.8. The maximum Gasteiger partial charge on any atom is 0.253 e. The topological polar surface area (TPSA) is 0 Å². The van der Waals surface area contributed by atoms with Crippen LogP contribution in [0.25, 0.3) is 0 Å². The zero-order valence-electron chi connectivity index (χ0n) is 2.63. The van der Waals surface area contributed by atoms with Crippen LogP contribution in [0.1, 0.15) is 0 Å². The second kappa shape index (κ2) is 1.93. The van der Waals surface area contributed by atoms with Gasteiger partial charge in [-0.25, -0.2) is 0 Å². The standard InChI is InChI=1S/C3Cl3/c1-2-3(4,5)6. The van der Waals surface area contributed by atoms with E-state index in [-0.39, 0.29) is 0 Å². The summed E-state index contributed by atoms with van der Waals surface area (Å²) in [5.74, 6) is 1.65. The van der Waals surface area contributed by atoms with Crippen LogP contribution < -0.4 is 0 Å². The zero-order valence-corrected chi connectivity index (χ0v) is 4.90. The Labute approximate surface area is 51.4 Å². The molecule has 0 aliphatic carbocycles. The van der Waals surface area contributed by atoms with Crippen LogP contribution in [0.4, 0.5) is 0 Å². The molecule has 0 spiro atoms. The second-order valence-electron chi connectivity index (χ2n) is 0.623. The molecular weight excluding hydrogens is 142 g/mol. The third kappa shape index (κ3) is 4.43. The largest absolute Gasteiger partial charge is 0.253 e. The van der Waals surface area contributed by atoms with Gasteiger partial charge in [0.05, 0.1) is 0 Å². The molecule has 0 fully saturated rings. The average Bonchev–Trinajstić information content (AvgIpc) is 1.35. The van der Waals surface area contributed by atoms with Crippen molar-refractivity contribution in [1.82, 2.24) is 0 Å². The minimum Gasteiger partial charge on any atom is -0.0697 e. The summed E-state index contributed by atoms with van der Waals surface area (Å²) in [5.41, 5.74) is 0. The van der Waals surface area contributed by atoms with E-state index < -0.39 is 3.79 Å². The van der Waals surface area contributed by atoms with Crippen molar-refractivity contribution in [3.63, 3.8) is 0 Å². The first-order valence-corrected chi connectivity index (χ1v) is 2.20. The van der Waals surface area contributed by atoms with E-state index in [9.17, 15) is 0 Å². The van der Waals surface area contributed by atoms with Crippen LogP contribution in [0.15, 0.2) is 0 Å². The summed E-state index contributed by atoms with van der Waals surface area (Å²) in [6.45, 7) is 0. The van der Waals surface area contributed by atoms with Crippen molar-refractivity contribution in [3.8, 4) is 5.92 Å². The molecule has 33 valence electrons. The molecule has 0 amide bonds. The quantitative estimate of drug-likeness (QED) is 0.358. The average molecular weight is 142 g/mol. The number of rotatable bonds is 0. The first-order valence-electron chi connectivity index (χ1n) is 1.07. The van der Waals surface area contributed by atoms with Gasteiger partial charge in [-0.05, 0) is 12.3 Å². The highest BCUT2D eigenvalue weighted by atomic mass is 35.6. The third-order valence-electron chi connectivity index (χ3n) is 0.142. The molecule has 0 atom stereocenters. The molecule has 0 heterocycles. The Balaban J connectivity index is 3.55. The maximum atomic E-state index is 6.21. The highest BCUT2D eigenvalue weighted by molar-refractivity contribution is 6.69. The van der Waals surface area contributed by atoms with Gasteiger partial charge in [0, 0.05) is 0 Å². The zero-order chi connectivity index (χ0) is 5.21. The van der Waals surface area contributed by atoms with Crippen LogP contribution in [0.5, 0.6) is 0 Å². The van der Waals surface area contributed by atoms with Gasteiger partial charge in [-0.2, -0.15) is 0 Å². The maximum absolute atomic E-state index is 6.21. The van der Waals surface area contributed by atoms with Crippen molar-refractivity contribution in [2.45, 2.75) is 3.79 Å². The first-order chi connectivity index (χ1) is 2.56. The van der Waals surface area contributed by atoms with E-state index in [1.807, 2.05) is 0 Å². The highest BCUT2D eigenvalue weighted by Gasteiger charge is 2.12. The Hall–Kier alpha value is 0.430. The minimum absolute atomic E-state index is 1.62. The van der Waals surface area contributed by atoms with Crippen LogP contribution in [0.2, 0.25) is 0 Å². The number of alkyl halides is 3. The van der Waals surface area contributed by atoms with Gasteiger partial charge in [0.15, 0.2) is 0 Å². The Morgan fingerprint density at radius 3 is 1.50 bits per heavy atom. The minimum atomic E-state index is -1.62. The molecule has 6 heavy (non-hydrogen) atoms. The van der Waals surface area contributed by atoms with E-state index >= 15 is 0 Å². The lowest BCUT2D eigenvalue weighted by Gasteiger charge is -1.93. The predicted octanol–water partition coefficient (Wildman–Crippen LogP) is 1.95. The Morgan fingerprint density at radius 2 is 1.50 bits per heavy atom. The molecule has 3 heteroatoms. The van der Waals surface area contributed by atoms with Crippen molar-refractivity contribution in [2.24, 2.45) is 0 Å².